The van der Waals surface area contributed by atoms with Crippen LogP contribution in [0.1, 0.15) is 37.5 Å². The van der Waals surface area contributed by atoms with Crippen molar-refractivity contribution in [3.63, 3.8) is 0 Å². The summed E-state index contributed by atoms with van der Waals surface area (Å²) >= 11 is 0. The van der Waals surface area contributed by atoms with Crippen molar-refractivity contribution in [2.24, 2.45) is 12.5 Å². The van der Waals surface area contributed by atoms with Crippen molar-refractivity contribution in [3.05, 3.63) is 77.5 Å². The summed E-state index contributed by atoms with van der Waals surface area (Å²) in [5, 5.41) is 4.91. The van der Waals surface area contributed by atoms with E-state index in [1.165, 1.54) is 49.5 Å². The summed E-state index contributed by atoms with van der Waals surface area (Å²) < 4.78 is 8.69. The quantitative estimate of drug-likeness (QED) is 0.277. The molecular weight excluding hydrogens is 378 g/mol. The average Bonchev–Trinajstić information content (AvgIpc) is 3.07. The Kier molecular flexibility index (Phi) is 4.44. The molecule has 31 heavy (non-hydrogen) atoms. The van der Waals surface area contributed by atoms with E-state index in [9.17, 15) is 0 Å². The van der Waals surface area contributed by atoms with E-state index in [0.29, 0.717) is 0 Å². The normalized spacial score (nSPS) is 12.3. The van der Waals surface area contributed by atoms with Crippen molar-refractivity contribution in [1.82, 2.24) is 0 Å². The number of furan rings is 1. The molecule has 0 radical (unpaired) electrons. The maximum atomic E-state index is 6.45. The molecule has 0 aliphatic heterocycles. The summed E-state index contributed by atoms with van der Waals surface area (Å²) in [6, 6.07) is 19.8. The number of hydrogen-bond donors (Lipinski definition) is 0. The number of aryl methyl sites for hydroxylation is 2. The van der Waals surface area contributed by atoms with Crippen LogP contribution < -0.4 is 4.57 Å². The van der Waals surface area contributed by atoms with Crippen LogP contribution in [0.25, 0.3) is 44.0 Å². The SMILES string of the molecule is Cc1cc2c(oc3ccccc32)c(-c2c3ccc(CC(C)(C)C)cc3cc[n+]2C)c1C. The molecule has 0 N–H and O–H groups in total. The van der Waals surface area contributed by atoms with Crippen LogP contribution in [0.4, 0.5) is 0 Å². The van der Waals surface area contributed by atoms with Crippen LogP contribution in [0, 0.1) is 19.3 Å². The van der Waals surface area contributed by atoms with Crippen LogP contribution >= 0.6 is 0 Å². The van der Waals surface area contributed by atoms with Gasteiger partial charge in [0.2, 0.25) is 5.69 Å². The molecule has 2 heterocycles. The largest absolute Gasteiger partial charge is 0.455 e. The van der Waals surface area contributed by atoms with Crippen LogP contribution in [-0.4, -0.2) is 0 Å². The molecule has 2 aromatic heterocycles. The van der Waals surface area contributed by atoms with Gasteiger partial charge in [0.05, 0.1) is 10.9 Å². The van der Waals surface area contributed by atoms with E-state index in [4.69, 9.17) is 4.42 Å². The van der Waals surface area contributed by atoms with Crippen LogP contribution in [0.2, 0.25) is 0 Å². The molecule has 0 bridgehead atoms. The van der Waals surface area contributed by atoms with E-state index in [0.717, 1.165) is 17.6 Å². The van der Waals surface area contributed by atoms with Gasteiger partial charge < -0.3 is 4.42 Å². The van der Waals surface area contributed by atoms with E-state index < -0.39 is 0 Å². The fourth-order valence-electron chi connectivity index (χ4n) is 4.83. The Hall–Kier alpha value is -3.13. The number of pyridine rings is 1. The summed E-state index contributed by atoms with van der Waals surface area (Å²) in [6.45, 7) is 11.3. The van der Waals surface area contributed by atoms with E-state index >= 15 is 0 Å². The number of rotatable bonds is 2. The van der Waals surface area contributed by atoms with Gasteiger partial charge in [-0.2, -0.15) is 0 Å². The molecule has 0 aliphatic carbocycles. The molecule has 0 atom stereocenters. The van der Waals surface area contributed by atoms with Crippen molar-refractivity contribution in [2.45, 2.75) is 41.0 Å². The lowest BCUT2D eigenvalue weighted by atomic mass is 9.87. The summed E-state index contributed by atoms with van der Waals surface area (Å²) in [5.74, 6) is 0. The highest BCUT2D eigenvalue weighted by molar-refractivity contribution is 6.12. The Morgan fingerprint density at radius 1 is 0.871 bits per heavy atom. The van der Waals surface area contributed by atoms with E-state index in [2.05, 4.69) is 101 Å². The number of nitrogens with zero attached hydrogens (tertiary/aromatic N) is 1. The van der Waals surface area contributed by atoms with Crippen molar-refractivity contribution >= 4 is 32.7 Å². The third-order valence-corrected chi connectivity index (χ3v) is 6.36. The lowest BCUT2D eigenvalue weighted by Gasteiger charge is -2.18. The monoisotopic (exact) mass is 408 g/mol. The molecule has 5 rings (SSSR count). The van der Waals surface area contributed by atoms with Gasteiger partial charge in [0, 0.05) is 16.8 Å². The first-order chi connectivity index (χ1) is 14.7. The topological polar surface area (TPSA) is 17.0 Å². The molecule has 0 amide bonds. The minimum Gasteiger partial charge on any atom is -0.455 e. The highest BCUT2D eigenvalue weighted by atomic mass is 16.3. The molecular formula is C29H30NO+. The number of para-hydroxylation sites is 1. The molecule has 0 unspecified atom stereocenters. The highest BCUT2D eigenvalue weighted by Gasteiger charge is 2.24. The molecule has 0 aliphatic rings. The molecule has 0 saturated heterocycles. The average molecular weight is 409 g/mol. The highest BCUT2D eigenvalue weighted by Crippen LogP contribution is 2.40. The molecule has 3 aromatic carbocycles. The fraction of sp³-hybridized carbons (Fsp3) is 0.276. The van der Waals surface area contributed by atoms with Gasteiger partial charge >= 0.3 is 0 Å². The van der Waals surface area contributed by atoms with Crippen molar-refractivity contribution < 1.29 is 8.98 Å². The van der Waals surface area contributed by atoms with Crippen LogP contribution in [-0.2, 0) is 13.5 Å². The maximum absolute atomic E-state index is 6.45. The zero-order valence-electron chi connectivity index (χ0n) is 19.3. The molecule has 5 aromatic rings. The zero-order valence-corrected chi connectivity index (χ0v) is 19.3. The second kappa shape index (κ2) is 6.95. The Bertz CT molecular complexity index is 1460. The molecule has 0 fully saturated rings. The summed E-state index contributed by atoms with van der Waals surface area (Å²) in [4.78, 5) is 0. The summed E-state index contributed by atoms with van der Waals surface area (Å²) in [6.07, 6.45) is 3.24. The zero-order chi connectivity index (χ0) is 21.9. The van der Waals surface area contributed by atoms with Gasteiger partial charge in [0.1, 0.15) is 18.2 Å². The molecule has 2 nitrogen and oxygen atoms in total. The minimum atomic E-state index is 0.267. The summed E-state index contributed by atoms with van der Waals surface area (Å²) in [7, 11) is 2.13. The van der Waals surface area contributed by atoms with Crippen molar-refractivity contribution in [1.29, 1.82) is 0 Å². The lowest BCUT2D eigenvalue weighted by molar-refractivity contribution is -0.659. The predicted octanol–water partition coefficient (Wildman–Crippen LogP) is 7.44. The number of hydrogen-bond acceptors (Lipinski definition) is 1. The molecule has 156 valence electrons. The number of benzene rings is 3. The van der Waals surface area contributed by atoms with Gasteiger partial charge in [-0.1, -0.05) is 51.1 Å². The smallest absolute Gasteiger partial charge is 0.224 e. The third-order valence-electron chi connectivity index (χ3n) is 6.36. The number of fused-ring (bicyclic) bond motifs is 4. The van der Waals surface area contributed by atoms with E-state index in [1.54, 1.807) is 0 Å². The molecule has 2 heteroatoms. The second-order valence-electron chi connectivity index (χ2n) is 10.1. The van der Waals surface area contributed by atoms with E-state index in [-0.39, 0.29) is 5.41 Å². The van der Waals surface area contributed by atoms with Crippen LogP contribution in [0.15, 0.2) is 65.2 Å². The van der Waals surface area contributed by atoms with Gasteiger partial charge in [0.25, 0.3) is 0 Å². The van der Waals surface area contributed by atoms with Gasteiger partial charge in [-0.15, -0.1) is 0 Å². The molecule has 0 spiro atoms. The Labute approximate surface area is 184 Å². The van der Waals surface area contributed by atoms with Gasteiger partial charge in [0.15, 0.2) is 6.20 Å². The van der Waals surface area contributed by atoms with Crippen molar-refractivity contribution in [2.75, 3.05) is 0 Å². The van der Waals surface area contributed by atoms with Crippen molar-refractivity contribution in [3.8, 4) is 11.3 Å². The minimum absolute atomic E-state index is 0.267. The maximum Gasteiger partial charge on any atom is 0.224 e. The standard InChI is InChI=1S/C29H30NO/c1-18-15-24-23-9-7-8-10-25(23)31-28(24)26(19(18)2)27-22-12-11-20(17-29(3,4)5)16-21(22)13-14-30(27)6/h7-16H,17H2,1-6H3/q+1. The van der Waals surface area contributed by atoms with E-state index in [1.807, 2.05) is 6.07 Å². The first-order valence-corrected chi connectivity index (χ1v) is 11.1. The lowest BCUT2D eigenvalue weighted by Crippen LogP contribution is -2.31. The second-order valence-corrected chi connectivity index (χ2v) is 10.1. The first kappa shape index (κ1) is 19.8. The molecule has 0 saturated carbocycles. The van der Waals surface area contributed by atoms with Gasteiger partial charge in [-0.05, 0) is 66.0 Å². The third kappa shape index (κ3) is 3.31. The van der Waals surface area contributed by atoms with Gasteiger partial charge in [-0.3, -0.25) is 0 Å². The van der Waals surface area contributed by atoms with Gasteiger partial charge in [-0.25, -0.2) is 4.57 Å². The Morgan fingerprint density at radius 3 is 2.42 bits per heavy atom. The summed E-state index contributed by atoms with van der Waals surface area (Å²) in [5.41, 5.74) is 8.54. The van der Waals surface area contributed by atoms with Crippen LogP contribution in [0.5, 0.6) is 0 Å². The predicted molar refractivity (Wildman–Crippen MR) is 130 cm³/mol. The number of aromatic nitrogens is 1. The fourth-order valence-corrected chi connectivity index (χ4v) is 4.83. The Balaban J connectivity index is 1.85. The Morgan fingerprint density at radius 2 is 1.65 bits per heavy atom. The first-order valence-electron chi connectivity index (χ1n) is 11.1. The van der Waals surface area contributed by atoms with Crippen LogP contribution in [0.3, 0.4) is 0 Å².